The van der Waals surface area contributed by atoms with Gasteiger partial charge in [-0.1, -0.05) is 49.6 Å². The largest absolute Gasteiger partial charge is 0.476 e. The summed E-state index contributed by atoms with van der Waals surface area (Å²) in [6, 6.07) is 15.5. The molecule has 2 N–H and O–H groups in total. The lowest BCUT2D eigenvalue weighted by Gasteiger charge is -2.20. The van der Waals surface area contributed by atoms with Gasteiger partial charge in [-0.05, 0) is 31.0 Å². The van der Waals surface area contributed by atoms with Crippen molar-refractivity contribution in [1.82, 2.24) is 14.8 Å². The minimum atomic E-state index is -1.08. The van der Waals surface area contributed by atoms with Gasteiger partial charge in [0.25, 0.3) is 0 Å². The standard InChI is InChI=1S/C24H22N4O3S/c29-22(16-9-5-2-6-10-16)25-17-11-12-18-20(13-17)28(24-26-19(14-32-24)23(30)31)27-21(18)15-7-3-1-4-8-15/h1,3-4,7-8,11-14,16H,2,5-6,9-10H2,(H,25,29)(H,30,31). The molecule has 0 radical (unpaired) electrons. The van der Waals surface area contributed by atoms with Crippen molar-refractivity contribution in [3.05, 3.63) is 59.6 Å². The minimum absolute atomic E-state index is 0.0170. The third-order valence-corrected chi connectivity index (χ3v) is 6.68. The van der Waals surface area contributed by atoms with E-state index in [0.29, 0.717) is 10.8 Å². The highest BCUT2D eigenvalue weighted by Crippen LogP contribution is 2.33. The lowest BCUT2D eigenvalue weighted by Crippen LogP contribution is -2.24. The van der Waals surface area contributed by atoms with E-state index in [2.05, 4.69) is 10.3 Å². The van der Waals surface area contributed by atoms with Crippen LogP contribution in [0.1, 0.15) is 42.6 Å². The Morgan fingerprint density at radius 3 is 2.56 bits per heavy atom. The van der Waals surface area contributed by atoms with Gasteiger partial charge in [-0.15, -0.1) is 11.3 Å². The fourth-order valence-corrected chi connectivity index (χ4v) is 4.98. The molecule has 0 bridgehead atoms. The van der Waals surface area contributed by atoms with Crippen LogP contribution in [0, 0.1) is 5.92 Å². The van der Waals surface area contributed by atoms with Crippen molar-refractivity contribution in [1.29, 1.82) is 0 Å². The van der Waals surface area contributed by atoms with Crippen LogP contribution in [0.2, 0.25) is 0 Å². The zero-order chi connectivity index (χ0) is 22.1. The quantitative estimate of drug-likeness (QED) is 0.430. The number of rotatable bonds is 5. The van der Waals surface area contributed by atoms with Crippen LogP contribution in [0.25, 0.3) is 27.3 Å². The average Bonchev–Trinajstić information content (AvgIpc) is 3.45. The number of anilines is 1. The highest BCUT2D eigenvalue weighted by Gasteiger charge is 2.22. The Morgan fingerprint density at radius 1 is 1.06 bits per heavy atom. The number of hydrogen-bond acceptors (Lipinski definition) is 5. The summed E-state index contributed by atoms with van der Waals surface area (Å²) in [4.78, 5) is 28.3. The molecule has 0 unspecified atom stereocenters. The third-order valence-electron chi connectivity index (χ3n) is 5.86. The van der Waals surface area contributed by atoms with Crippen LogP contribution in [0.4, 0.5) is 5.69 Å². The maximum absolute atomic E-state index is 12.8. The number of amides is 1. The second-order valence-corrected chi connectivity index (χ2v) is 8.84. The minimum Gasteiger partial charge on any atom is -0.476 e. The molecule has 4 aromatic rings. The van der Waals surface area contributed by atoms with Crippen LogP contribution < -0.4 is 5.32 Å². The zero-order valence-electron chi connectivity index (χ0n) is 17.3. The van der Waals surface area contributed by atoms with Gasteiger partial charge >= 0.3 is 5.97 Å². The number of nitrogens with zero attached hydrogens (tertiary/aromatic N) is 3. The fourth-order valence-electron chi connectivity index (χ4n) is 4.22. The van der Waals surface area contributed by atoms with E-state index in [0.717, 1.165) is 47.8 Å². The molecule has 8 heteroatoms. The Kier molecular flexibility index (Phi) is 5.45. The summed E-state index contributed by atoms with van der Waals surface area (Å²) in [6.45, 7) is 0. The lowest BCUT2D eigenvalue weighted by atomic mass is 9.88. The molecule has 2 heterocycles. The predicted octanol–water partition coefficient (Wildman–Crippen LogP) is 5.37. The number of nitrogens with one attached hydrogen (secondary N) is 1. The molecule has 1 amide bonds. The zero-order valence-corrected chi connectivity index (χ0v) is 18.1. The lowest BCUT2D eigenvalue weighted by molar-refractivity contribution is -0.120. The van der Waals surface area contributed by atoms with Crippen molar-refractivity contribution >= 4 is 39.8 Å². The van der Waals surface area contributed by atoms with Crippen LogP contribution in [0.5, 0.6) is 0 Å². The summed E-state index contributed by atoms with van der Waals surface area (Å²) in [6.07, 6.45) is 5.26. The van der Waals surface area contributed by atoms with Gasteiger partial charge in [0.2, 0.25) is 11.0 Å². The van der Waals surface area contributed by atoms with E-state index in [-0.39, 0.29) is 17.5 Å². The van der Waals surface area contributed by atoms with Crippen molar-refractivity contribution < 1.29 is 14.7 Å². The van der Waals surface area contributed by atoms with Gasteiger partial charge in [-0.25, -0.2) is 14.5 Å². The number of thiazole rings is 1. The SMILES string of the molecule is O=C(O)c1csc(-n2nc(-c3ccccc3)c3ccc(NC(=O)C4CCCCC4)cc32)n1. The number of carbonyl (C=O) groups excluding carboxylic acids is 1. The molecule has 1 aliphatic carbocycles. The summed E-state index contributed by atoms with van der Waals surface area (Å²) in [5, 5.41) is 20.0. The van der Waals surface area contributed by atoms with Crippen molar-refractivity contribution in [2.24, 2.45) is 5.92 Å². The molecule has 0 aliphatic heterocycles. The summed E-state index contributed by atoms with van der Waals surface area (Å²) in [5.41, 5.74) is 3.17. The van der Waals surface area contributed by atoms with Crippen molar-refractivity contribution in [2.45, 2.75) is 32.1 Å². The number of fused-ring (bicyclic) bond motifs is 1. The summed E-state index contributed by atoms with van der Waals surface area (Å²) in [5.74, 6) is -0.963. The van der Waals surface area contributed by atoms with Gasteiger partial charge in [0, 0.05) is 27.9 Å². The van der Waals surface area contributed by atoms with E-state index < -0.39 is 5.97 Å². The second-order valence-electron chi connectivity index (χ2n) is 8.00. The summed E-state index contributed by atoms with van der Waals surface area (Å²) >= 11 is 1.22. The molecule has 1 aliphatic rings. The maximum Gasteiger partial charge on any atom is 0.355 e. The third kappa shape index (κ3) is 3.89. The Bertz CT molecular complexity index is 1290. The molecule has 162 valence electrons. The first-order chi connectivity index (χ1) is 15.6. The van der Waals surface area contributed by atoms with Crippen molar-refractivity contribution in [2.75, 3.05) is 5.32 Å². The number of benzene rings is 2. The molecular weight excluding hydrogens is 424 g/mol. The first kappa shape index (κ1) is 20.4. The highest BCUT2D eigenvalue weighted by molar-refractivity contribution is 7.12. The Hall–Kier alpha value is -3.52. The molecule has 2 aromatic heterocycles. The monoisotopic (exact) mass is 446 g/mol. The first-order valence-corrected chi connectivity index (χ1v) is 11.6. The first-order valence-electron chi connectivity index (χ1n) is 10.7. The van der Waals surface area contributed by atoms with E-state index >= 15 is 0 Å². The molecule has 32 heavy (non-hydrogen) atoms. The van der Waals surface area contributed by atoms with E-state index in [1.54, 1.807) is 4.68 Å². The second kappa shape index (κ2) is 8.55. The van der Waals surface area contributed by atoms with E-state index in [9.17, 15) is 14.7 Å². The number of carboxylic acid groups (broad SMARTS) is 1. The highest BCUT2D eigenvalue weighted by atomic mass is 32.1. The Morgan fingerprint density at radius 2 is 1.84 bits per heavy atom. The molecule has 0 spiro atoms. The molecule has 1 saturated carbocycles. The van der Waals surface area contributed by atoms with E-state index in [1.807, 2.05) is 48.5 Å². The Labute approximate surface area is 188 Å². The molecule has 5 rings (SSSR count). The van der Waals surface area contributed by atoms with Gasteiger partial charge in [-0.2, -0.15) is 5.10 Å². The molecule has 7 nitrogen and oxygen atoms in total. The normalized spacial score (nSPS) is 14.5. The topological polar surface area (TPSA) is 97.1 Å². The predicted molar refractivity (Wildman–Crippen MR) is 124 cm³/mol. The van der Waals surface area contributed by atoms with Gasteiger partial charge in [-0.3, -0.25) is 4.79 Å². The average molecular weight is 447 g/mol. The van der Waals surface area contributed by atoms with Gasteiger partial charge in [0.1, 0.15) is 5.69 Å². The van der Waals surface area contributed by atoms with Crippen LogP contribution in [0.3, 0.4) is 0 Å². The number of carbonyl (C=O) groups is 2. The molecule has 0 atom stereocenters. The summed E-state index contributed by atoms with van der Waals surface area (Å²) < 4.78 is 1.66. The maximum atomic E-state index is 12.8. The number of hydrogen-bond donors (Lipinski definition) is 2. The fraction of sp³-hybridized carbons (Fsp3) is 0.250. The number of aromatic carboxylic acids is 1. The smallest absolute Gasteiger partial charge is 0.355 e. The van der Waals surface area contributed by atoms with Gasteiger partial charge in [0.05, 0.1) is 5.52 Å². The summed E-state index contributed by atoms with van der Waals surface area (Å²) in [7, 11) is 0. The Balaban J connectivity index is 1.57. The molecular formula is C24H22N4O3S. The van der Waals surface area contributed by atoms with E-state index in [4.69, 9.17) is 5.10 Å². The molecule has 0 saturated heterocycles. The molecule has 1 fully saturated rings. The number of aromatic nitrogens is 3. The van der Waals surface area contributed by atoms with Gasteiger partial charge < -0.3 is 10.4 Å². The molecule has 2 aromatic carbocycles. The van der Waals surface area contributed by atoms with Crippen LogP contribution in [-0.2, 0) is 4.79 Å². The van der Waals surface area contributed by atoms with Crippen molar-refractivity contribution in [3.8, 4) is 16.4 Å². The van der Waals surface area contributed by atoms with Crippen LogP contribution in [-0.4, -0.2) is 31.7 Å². The van der Waals surface area contributed by atoms with Crippen molar-refractivity contribution in [3.63, 3.8) is 0 Å². The van der Waals surface area contributed by atoms with E-state index in [1.165, 1.54) is 23.1 Å². The van der Waals surface area contributed by atoms with Crippen LogP contribution >= 0.6 is 11.3 Å². The van der Waals surface area contributed by atoms with Gasteiger partial charge in [0.15, 0.2) is 5.69 Å². The van der Waals surface area contributed by atoms with Crippen LogP contribution in [0.15, 0.2) is 53.9 Å². The number of carboxylic acids is 1.